The Bertz CT molecular complexity index is 454. The molecule has 0 saturated carbocycles. The summed E-state index contributed by atoms with van der Waals surface area (Å²) < 4.78 is 11.1. The molecule has 0 amide bonds. The highest BCUT2D eigenvalue weighted by Gasteiger charge is 2.21. The number of hydrogen-bond acceptors (Lipinski definition) is 3. The van der Waals surface area contributed by atoms with Crippen LogP contribution in [-0.4, -0.2) is 11.5 Å². The van der Waals surface area contributed by atoms with Crippen molar-refractivity contribution in [2.75, 3.05) is 6.61 Å². The van der Waals surface area contributed by atoms with Crippen molar-refractivity contribution in [3.63, 3.8) is 0 Å². The largest absolute Gasteiger partial charge is 0.427 e. The smallest absolute Gasteiger partial charge is 0.394 e. The van der Waals surface area contributed by atoms with Gasteiger partial charge in [0.2, 0.25) is 0 Å². The molecular formula is C19H33O3P. The van der Waals surface area contributed by atoms with Crippen LogP contribution < -0.4 is 4.52 Å². The minimum atomic E-state index is -1.86. The molecule has 3 nitrogen and oxygen atoms in total. The first kappa shape index (κ1) is 20.4. The average molecular weight is 340 g/mol. The van der Waals surface area contributed by atoms with Crippen LogP contribution in [0.2, 0.25) is 0 Å². The molecule has 0 aliphatic heterocycles. The zero-order valence-corrected chi connectivity index (χ0v) is 16.3. The van der Waals surface area contributed by atoms with E-state index in [-0.39, 0.29) is 5.41 Å². The summed E-state index contributed by atoms with van der Waals surface area (Å²) in [7, 11) is -1.86. The van der Waals surface area contributed by atoms with Gasteiger partial charge in [-0.15, -0.1) is 0 Å². The maximum atomic E-state index is 10.0. The monoisotopic (exact) mass is 340 g/mol. The van der Waals surface area contributed by atoms with Crippen LogP contribution in [0, 0.1) is 6.92 Å². The van der Waals surface area contributed by atoms with E-state index in [0.29, 0.717) is 6.61 Å². The topological polar surface area (TPSA) is 38.7 Å². The molecule has 0 spiro atoms. The molecule has 0 radical (unpaired) electrons. The van der Waals surface area contributed by atoms with Gasteiger partial charge < -0.3 is 13.9 Å². The van der Waals surface area contributed by atoms with E-state index in [1.807, 2.05) is 12.1 Å². The van der Waals surface area contributed by atoms with E-state index in [2.05, 4.69) is 40.7 Å². The van der Waals surface area contributed by atoms with E-state index in [4.69, 9.17) is 9.05 Å². The van der Waals surface area contributed by atoms with E-state index >= 15 is 0 Å². The van der Waals surface area contributed by atoms with Gasteiger partial charge in [0.1, 0.15) is 5.75 Å². The van der Waals surface area contributed by atoms with Gasteiger partial charge in [0.15, 0.2) is 0 Å². The highest BCUT2D eigenvalue weighted by atomic mass is 31.2. The molecule has 0 aliphatic carbocycles. The predicted molar refractivity (Wildman–Crippen MR) is 99.0 cm³/mol. The Morgan fingerprint density at radius 1 is 1.04 bits per heavy atom. The zero-order chi connectivity index (χ0) is 17.3. The van der Waals surface area contributed by atoms with Gasteiger partial charge >= 0.3 is 8.60 Å². The summed E-state index contributed by atoms with van der Waals surface area (Å²) in [5, 5.41) is 0. The maximum absolute atomic E-state index is 10.0. The molecule has 0 bridgehead atoms. The van der Waals surface area contributed by atoms with Crippen LogP contribution in [0.25, 0.3) is 0 Å². The normalized spacial score (nSPS) is 13.1. The molecule has 0 aliphatic rings. The standard InChI is InChI=1S/C19H33O3P/c1-6-7-8-9-10-11-14-21-23(20)22-18-13-12-16(2)15-17(18)19(3,4)5/h12-13,15,20H,6-11,14H2,1-5H3. The van der Waals surface area contributed by atoms with Crippen molar-refractivity contribution in [2.45, 2.75) is 78.6 Å². The van der Waals surface area contributed by atoms with Crippen molar-refractivity contribution in [3.05, 3.63) is 29.3 Å². The summed E-state index contributed by atoms with van der Waals surface area (Å²) in [6.07, 6.45) is 7.23. The molecule has 1 aromatic carbocycles. The van der Waals surface area contributed by atoms with Gasteiger partial charge in [-0.1, -0.05) is 77.5 Å². The van der Waals surface area contributed by atoms with Crippen molar-refractivity contribution in [2.24, 2.45) is 0 Å². The fraction of sp³-hybridized carbons (Fsp3) is 0.684. The summed E-state index contributed by atoms with van der Waals surface area (Å²) in [6, 6.07) is 6.04. The van der Waals surface area contributed by atoms with Crippen molar-refractivity contribution < 1.29 is 13.9 Å². The van der Waals surface area contributed by atoms with Crippen molar-refractivity contribution >= 4 is 8.60 Å². The quantitative estimate of drug-likeness (QED) is 0.403. The zero-order valence-electron chi connectivity index (χ0n) is 15.4. The lowest BCUT2D eigenvalue weighted by atomic mass is 9.85. The van der Waals surface area contributed by atoms with Crippen molar-refractivity contribution in [1.29, 1.82) is 0 Å². The van der Waals surface area contributed by atoms with Crippen LogP contribution in [0.15, 0.2) is 18.2 Å². The van der Waals surface area contributed by atoms with E-state index in [1.54, 1.807) is 0 Å². The first-order valence-electron chi connectivity index (χ1n) is 8.75. The second kappa shape index (κ2) is 10.3. The highest BCUT2D eigenvalue weighted by Crippen LogP contribution is 2.40. The molecule has 23 heavy (non-hydrogen) atoms. The summed E-state index contributed by atoms with van der Waals surface area (Å²) in [6.45, 7) is 11.3. The highest BCUT2D eigenvalue weighted by molar-refractivity contribution is 7.41. The van der Waals surface area contributed by atoms with E-state index in [0.717, 1.165) is 24.2 Å². The molecule has 1 unspecified atom stereocenters. The third kappa shape index (κ3) is 8.15. The lowest BCUT2D eigenvalue weighted by Crippen LogP contribution is -2.13. The summed E-state index contributed by atoms with van der Waals surface area (Å²) >= 11 is 0. The van der Waals surface area contributed by atoms with Crippen LogP contribution in [-0.2, 0) is 9.94 Å². The molecule has 0 aromatic heterocycles. The fourth-order valence-electron chi connectivity index (χ4n) is 2.45. The molecule has 1 aromatic rings. The van der Waals surface area contributed by atoms with E-state index in [9.17, 15) is 4.89 Å². The minimum Gasteiger partial charge on any atom is -0.427 e. The van der Waals surface area contributed by atoms with Gasteiger partial charge in [-0.3, -0.25) is 0 Å². The van der Waals surface area contributed by atoms with E-state index < -0.39 is 8.60 Å². The Balaban J connectivity index is 2.41. The van der Waals surface area contributed by atoms with Crippen molar-refractivity contribution in [3.8, 4) is 5.75 Å². The lowest BCUT2D eigenvalue weighted by Gasteiger charge is -2.24. The molecule has 0 fully saturated rings. The molecule has 0 heterocycles. The molecule has 4 heteroatoms. The third-order valence-corrected chi connectivity index (χ3v) is 4.58. The minimum absolute atomic E-state index is 0.0309. The van der Waals surface area contributed by atoms with Gasteiger partial charge in [0.05, 0.1) is 6.61 Å². The summed E-state index contributed by atoms with van der Waals surface area (Å²) in [4.78, 5) is 10.0. The molecule has 1 rings (SSSR count). The van der Waals surface area contributed by atoms with Gasteiger partial charge in [0, 0.05) is 5.56 Å². The Morgan fingerprint density at radius 2 is 1.70 bits per heavy atom. The third-order valence-electron chi connectivity index (χ3n) is 3.82. The Kier molecular flexibility index (Phi) is 9.12. The van der Waals surface area contributed by atoms with Crippen LogP contribution in [0.1, 0.15) is 77.3 Å². The number of hydrogen-bond donors (Lipinski definition) is 1. The Labute approximate surface area is 143 Å². The molecular weight excluding hydrogens is 307 g/mol. The van der Waals surface area contributed by atoms with Gasteiger partial charge in [0.25, 0.3) is 0 Å². The number of aryl methyl sites for hydroxylation is 1. The van der Waals surface area contributed by atoms with Gasteiger partial charge in [-0.25, -0.2) is 0 Å². The van der Waals surface area contributed by atoms with Crippen LogP contribution in [0.3, 0.4) is 0 Å². The molecule has 0 saturated heterocycles. The lowest BCUT2D eigenvalue weighted by molar-refractivity contribution is 0.252. The van der Waals surface area contributed by atoms with Crippen LogP contribution in [0.4, 0.5) is 0 Å². The fourth-order valence-corrected chi connectivity index (χ4v) is 3.11. The molecule has 1 atom stereocenters. The first-order valence-corrected chi connectivity index (χ1v) is 9.88. The van der Waals surface area contributed by atoms with Crippen molar-refractivity contribution in [1.82, 2.24) is 0 Å². The Morgan fingerprint density at radius 3 is 2.35 bits per heavy atom. The van der Waals surface area contributed by atoms with E-state index in [1.165, 1.54) is 31.2 Å². The SMILES string of the molecule is CCCCCCCCOP(O)Oc1ccc(C)cc1C(C)(C)C. The number of rotatable bonds is 10. The number of unbranched alkanes of at least 4 members (excludes halogenated alkanes) is 5. The van der Waals surface area contributed by atoms with Crippen LogP contribution >= 0.6 is 8.60 Å². The van der Waals surface area contributed by atoms with Gasteiger partial charge in [-0.05, 0) is 24.8 Å². The molecule has 132 valence electrons. The maximum Gasteiger partial charge on any atom is 0.394 e. The summed E-state index contributed by atoms with van der Waals surface area (Å²) in [5.74, 6) is 0.722. The predicted octanol–water partition coefficient (Wildman–Crippen LogP) is 6.27. The first-order chi connectivity index (χ1) is 10.8. The Hall–Kier alpha value is -0.630. The average Bonchev–Trinajstić information content (AvgIpc) is 2.47. The molecule has 1 N–H and O–H groups in total. The number of benzene rings is 1. The second-order valence-corrected chi connectivity index (χ2v) is 8.10. The summed E-state index contributed by atoms with van der Waals surface area (Å²) in [5.41, 5.74) is 2.26. The second-order valence-electron chi connectivity index (χ2n) is 7.18. The van der Waals surface area contributed by atoms with Crippen LogP contribution in [0.5, 0.6) is 5.75 Å². The van der Waals surface area contributed by atoms with Gasteiger partial charge in [-0.2, -0.15) is 0 Å².